The topological polar surface area (TPSA) is 126 Å². The molecule has 2 atom stereocenters. The summed E-state index contributed by atoms with van der Waals surface area (Å²) >= 11 is 0. The number of amides is 3. The number of methoxy groups -OCH3 is 1. The SMILES string of the molecule is CNC(=O)[C@@H](NC(=O)[C@H](CCCOc1ccc(OC)cc1)CC(=O)NO)C(C)(C)C. The van der Waals surface area contributed by atoms with Crippen LogP contribution in [0.3, 0.4) is 0 Å². The van der Waals surface area contributed by atoms with Crippen molar-refractivity contribution in [2.24, 2.45) is 11.3 Å². The molecule has 0 unspecified atom stereocenters. The molecule has 0 radical (unpaired) electrons. The Morgan fingerprint density at radius 3 is 2.17 bits per heavy atom. The van der Waals surface area contributed by atoms with Crippen molar-refractivity contribution < 1.29 is 29.1 Å². The highest BCUT2D eigenvalue weighted by molar-refractivity contribution is 5.90. The number of rotatable bonds is 11. The molecular formula is C21H33N3O6. The summed E-state index contributed by atoms with van der Waals surface area (Å²) in [6.45, 7) is 5.86. The highest BCUT2D eigenvalue weighted by atomic mass is 16.5. The molecule has 0 aliphatic carbocycles. The molecular weight excluding hydrogens is 390 g/mol. The van der Waals surface area contributed by atoms with E-state index in [-0.39, 0.29) is 12.3 Å². The zero-order chi connectivity index (χ0) is 22.7. The van der Waals surface area contributed by atoms with Crippen LogP contribution in [0.5, 0.6) is 11.5 Å². The van der Waals surface area contributed by atoms with Gasteiger partial charge in [-0.2, -0.15) is 0 Å². The van der Waals surface area contributed by atoms with Gasteiger partial charge in [0.1, 0.15) is 17.5 Å². The highest BCUT2D eigenvalue weighted by Crippen LogP contribution is 2.22. The number of ether oxygens (including phenoxy) is 2. The average Bonchev–Trinajstić information content (AvgIpc) is 2.72. The fraction of sp³-hybridized carbons (Fsp3) is 0.571. The molecule has 1 aromatic carbocycles. The van der Waals surface area contributed by atoms with E-state index < -0.39 is 29.2 Å². The van der Waals surface area contributed by atoms with Gasteiger partial charge in [-0.05, 0) is 42.5 Å². The first-order valence-corrected chi connectivity index (χ1v) is 9.84. The fourth-order valence-electron chi connectivity index (χ4n) is 2.87. The van der Waals surface area contributed by atoms with E-state index in [4.69, 9.17) is 14.7 Å². The van der Waals surface area contributed by atoms with E-state index in [1.165, 1.54) is 7.05 Å². The van der Waals surface area contributed by atoms with Gasteiger partial charge in [0.05, 0.1) is 13.7 Å². The van der Waals surface area contributed by atoms with Gasteiger partial charge in [0.2, 0.25) is 17.7 Å². The Morgan fingerprint density at radius 1 is 1.07 bits per heavy atom. The van der Waals surface area contributed by atoms with Crippen LogP contribution >= 0.6 is 0 Å². The average molecular weight is 424 g/mol. The van der Waals surface area contributed by atoms with E-state index in [0.717, 1.165) is 5.75 Å². The Bertz CT molecular complexity index is 700. The number of carbonyl (C=O) groups is 3. The number of hydrogen-bond acceptors (Lipinski definition) is 6. The van der Waals surface area contributed by atoms with Gasteiger partial charge in [-0.25, -0.2) is 5.48 Å². The van der Waals surface area contributed by atoms with Crippen molar-refractivity contribution in [2.75, 3.05) is 20.8 Å². The van der Waals surface area contributed by atoms with Crippen LogP contribution in [0.2, 0.25) is 0 Å². The summed E-state index contributed by atoms with van der Waals surface area (Å²) in [6, 6.07) is 6.36. The molecule has 1 aromatic rings. The summed E-state index contributed by atoms with van der Waals surface area (Å²) in [5.41, 5.74) is 1.04. The Morgan fingerprint density at radius 2 is 1.67 bits per heavy atom. The zero-order valence-corrected chi connectivity index (χ0v) is 18.3. The van der Waals surface area contributed by atoms with Gasteiger partial charge in [0.15, 0.2) is 0 Å². The fourth-order valence-corrected chi connectivity index (χ4v) is 2.87. The Labute approximate surface area is 177 Å². The summed E-state index contributed by atoms with van der Waals surface area (Å²) in [5, 5.41) is 14.1. The molecule has 0 aliphatic rings. The van der Waals surface area contributed by atoms with E-state index in [0.29, 0.717) is 25.2 Å². The molecule has 0 saturated carbocycles. The van der Waals surface area contributed by atoms with Gasteiger partial charge in [0.25, 0.3) is 0 Å². The molecule has 0 fully saturated rings. The van der Waals surface area contributed by atoms with Crippen LogP contribution in [0.15, 0.2) is 24.3 Å². The summed E-state index contributed by atoms with van der Waals surface area (Å²) < 4.78 is 10.8. The molecule has 0 bridgehead atoms. The van der Waals surface area contributed by atoms with Crippen LogP contribution in [0.25, 0.3) is 0 Å². The van der Waals surface area contributed by atoms with Gasteiger partial charge in [-0.15, -0.1) is 0 Å². The number of hydroxylamine groups is 1. The zero-order valence-electron chi connectivity index (χ0n) is 18.3. The van der Waals surface area contributed by atoms with E-state index in [1.54, 1.807) is 36.9 Å². The first-order valence-electron chi connectivity index (χ1n) is 9.84. The first kappa shape index (κ1) is 25.2. The van der Waals surface area contributed by atoms with Gasteiger partial charge >= 0.3 is 0 Å². The summed E-state index contributed by atoms with van der Waals surface area (Å²) in [5.74, 6) is -0.740. The van der Waals surface area contributed by atoms with Crippen LogP contribution in [0.4, 0.5) is 0 Å². The van der Waals surface area contributed by atoms with Gasteiger partial charge < -0.3 is 20.1 Å². The molecule has 0 aromatic heterocycles. The van der Waals surface area contributed by atoms with Gasteiger partial charge in [0, 0.05) is 19.4 Å². The second-order valence-electron chi connectivity index (χ2n) is 8.02. The van der Waals surface area contributed by atoms with Crippen molar-refractivity contribution in [3.63, 3.8) is 0 Å². The number of hydrogen-bond donors (Lipinski definition) is 4. The largest absolute Gasteiger partial charge is 0.497 e. The minimum absolute atomic E-state index is 0.199. The Balaban J connectivity index is 2.71. The lowest BCUT2D eigenvalue weighted by Gasteiger charge is -2.31. The number of carbonyl (C=O) groups excluding carboxylic acids is 3. The minimum Gasteiger partial charge on any atom is -0.497 e. The quantitative estimate of drug-likeness (QED) is 0.244. The molecule has 0 saturated heterocycles. The predicted molar refractivity (Wildman–Crippen MR) is 111 cm³/mol. The molecule has 4 N–H and O–H groups in total. The number of nitrogens with one attached hydrogen (secondary N) is 3. The Hall–Kier alpha value is -2.81. The van der Waals surface area contributed by atoms with Gasteiger partial charge in [-0.1, -0.05) is 20.8 Å². The number of likely N-dealkylation sites (N-methyl/N-ethyl adjacent to an activating group) is 1. The maximum Gasteiger partial charge on any atom is 0.244 e. The van der Waals surface area contributed by atoms with E-state index in [2.05, 4.69) is 10.6 Å². The van der Waals surface area contributed by atoms with E-state index in [9.17, 15) is 14.4 Å². The number of benzene rings is 1. The summed E-state index contributed by atoms with van der Waals surface area (Å²) in [6.07, 6.45) is 0.651. The van der Waals surface area contributed by atoms with Crippen LogP contribution < -0.4 is 25.6 Å². The standard InChI is InChI=1S/C21H33N3O6/c1-21(2,3)18(20(27)22-4)23-19(26)14(13-17(25)24-28)7-6-12-30-16-10-8-15(29-5)9-11-16/h8-11,14,18,28H,6-7,12-13H2,1-5H3,(H,22,27)(H,23,26)(H,24,25)/t14-,18-/m1/s1. The molecule has 1 rings (SSSR count). The maximum absolute atomic E-state index is 12.8. The second-order valence-corrected chi connectivity index (χ2v) is 8.02. The van der Waals surface area contributed by atoms with Crippen LogP contribution in [0, 0.1) is 11.3 Å². The molecule has 168 valence electrons. The third-order valence-corrected chi connectivity index (χ3v) is 4.61. The maximum atomic E-state index is 12.8. The van der Waals surface area contributed by atoms with Crippen LogP contribution in [0.1, 0.15) is 40.0 Å². The van der Waals surface area contributed by atoms with Crippen LogP contribution in [-0.2, 0) is 14.4 Å². The normalized spacial score (nSPS) is 13.0. The lowest BCUT2D eigenvalue weighted by Crippen LogP contribution is -2.54. The molecule has 9 nitrogen and oxygen atoms in total. The molecule has 0 aliphatic heterocycles. The van der Waals surface area contributed by atoms with E-state index in [1.807, 2.05) is 20.8 Å². The molecule has 0 heterocycles. The lowest BCUT2D eigenvalue weighted by atomic mass is 9.85. The first-order chi connectivity index (χ1) is 14.1. The molecule has 3 amide bonds. The highest BCUT2D eigenvalue weighted by Gasteiger charge is 2.34. The molecule has 0 spiro atoms. The molecule has 30 heavy (non-hydrogen) atoms. The Kier molecular flexibility index (Phi) is 10.1. The van der Waals surface area contributed by atoms with Crippen LogP contribution in [-0.4, -0.2) is 49.7 Å². The third kappa shape index (κ3) is 8.28. The van der Waals surface area contributed by atoms with Gasteiger partial charge in [-0.3, -0.25) is 19.6 Å². The van der Waals surface area contributed by atoms with Crippen molar-refractivity contribution in [2.45, 2.75) is 46.1 Å². The molecule has 9 heteroatoms. The smallest absolute Gasteiger partial charge is 0.244 e. The second kappa shape index (κ2) is 12.0. The summed E-state index contributed by atoms with van der Waals surface area (Å²) in [4.78, 5) is 36.6. The van der Waals surface area contributed by atoms with Crippen molar-refractivity contribution in [3.05, 3.63) is 24.3 Å². The third-order valence-electron chi connectivity index (χ3n) is 4.61. The predicted octanol–water partition coefficient (Wildman–Crippen LogP) is 1.64. The summed E-state index contributed by atoms with van der Waals surface area (Å²) in [7, 11) is 3.08. The van der Waals surface area contributed by atoms with Crippen molar-refractivity contribution in [1.29, 1.82) is 0 Å². The van der Waals surface area contributed by atoms with Crippen molar-refractivity contribution >= 4 is 17.7 Å². The van der Waals surface area contributed by atoms with Crippen molar-refractivity contribution in [3.8, 4) is 11.5 Å². The monoisotopic (exact) mass is 423 g/mol. The minimum atomic E-state index is -0.759. The van der Waals surface area contributed by atoms with E-state index >= 15 is 0 Å². The van der Waals surface area contributed by atoms with Crippen molar-refractivity contribution in [1.82, 2.24) is 16.1 Å². The lowest BCUT2D eigenvalue weighted by molar-refractivity contribution is -0.137.